The molecule has 2 heterocycles. The lowest BCUT2D eigenvalue weighted by atomic mass is 9.99. The van der Waals surface area contributed by atoms with Crippen LogP contribution in [-0.4, -0.2) is 25.9 Å². The molecule has 0 atom stereocenters. The smallest absolute Gasteiger partial charge is 0.272 e. The second kappa shape index (κ2) is 8.47. The minimum absolute atomic E-state index is 0.296. The van der Waals surface area contributed by atoms with E-state index >= 15 is 0 Å². The second-order valence-corrected chi connectivity index (χ2v) is 8.74. The molecule has 2 aromatic carbocycles. The van der Waals surface area contributed by atoms with Gasteiger partial charge in [0.15, 0.2) is 0 Å². The van der Waals surface area contributed by atoms with Gasteiger partial charge >= 0.3 is 0 Å². The first-order chi connectivity index (χ1) is 14.9. The van der Waals surface area contributed by atoms with Gasteiger partial charge in [-0.2, -0.15) is 0 Å². The monoisotopic (exact) mass is 432 g/mol. The molecule has 5 nitrogen and oxygen atoms in total. The molecule has 3 aromatic rings. The summed E-state index contributed by atoms with van der Waals surface area (Å²) in [7, 11) is 3.85. The van der Waals surface area contributed by atoms with Crippen LogP contribution in [0.2, 0.25) is 0 Å². The van der Waals surface area contributed by atoms with Gasteiger partial charge in [-0.3, -0.25) is 9.59 Å². The van der Waals surface area contributed by atoms with Crippen molar-refractivity contribution in [2.24, 2.45) is 0 Å². The number of carbonyl (C=O) groups is 2. The molecule has 2 amide bonds. The van der Waals surface area contributed by atoms with Crippen molar-refractivity contribution in [3.05, 3.63) is 88.2 Å². The maximum atomic E-state index is 13.6. The van der Waals surface area contributed by atoms with Gasteiger partial charge in [-0.1, -0.05) is 29.8 Å². The van der Waals surface area contributed by atoms with Gasteiger partial charge in [-0.15, -0.1) is 11.8 Å². The van der Waals surface area contributed by atoms with Crippen LogP contribution in [-0.2, 0) is 15.3 Å². The molecule has 0 unspecified atom stereocenters. The number of carbonyl (C=O) groups excluding carboxylic acids is 2. The summed E-state index contributed by atoms with van der Waals surface area (Å²) in [6.45, 7) is 3.98. The summed E-state index contributed by atoms with van der Waals surface area (Å²) in [5.41, 5.74) is 4.81. The number of nitrogens with zero attached hydrogens (tertiary/aromatic N) is 2. The topological polar surface area (TPSA) is 53.8 Å². The fraction of sp³-hybridized carbons (Fsp3) is 0.200. The maximum Gasteiger partial charge on any atom is 0.272 e. The van der Waals surface area contributed by atoms with Gasteiger partial charge in [0.05, 0.1) is 28.2 Å². The zero-order valence-electron chi connectivity index (χ0n) is 18.0. The first-order valence-electron chi connectivity index (χ1n) is 10.00. The molecular formula is C25H24N2O3S. The minimum Gasteiger partial charge on any atom is -0.468 e. The van der Waals surface area contributed by atoms with Gasteiger partial charge in [0.2, 0.25) is 0 Å². The maximum absolute atomic E-state index is 13.6. The molecule has 1 aliphatic rings. The van der Waals surface area contributed by atoms with Crippen LogP contribution >= 0.6 is 11.8 Å². The predicted octanol–water partition coefficient (Wildman–Crippen LogP) is 5.18. The van der Waals surface area contributed by atoms with Crippen LogP contribution in [0.25, 0.3) is 5.57 Å². The average molecular weight is 433 g/mol. The van der Waals surface area contributed by atoms with E-state index in [1.165, 1.54) is 16.7 Å². The highest BCUT2D eigenvalue weighted by molar-refractivity contribution is 8.03. The Hall–Kier alpha value is -3.25. The molecule has 0 radical (unpaired) electrons. The number of rotatable bonds is 6. The fourth-order valence-electron chi connectivity index (χ4n) is 3.66. The number of anilines is 2. The lowest BCUT2D eigenvalue weighted by molar-refractivity contribution is -0.119. The van der Waals surface area contributed by atoms with E-state index in [2.05, 4.69) is 0 Å². The molecule has 158 valence electrons. The molecule has 0 aliphatic carbocycles. The van der Waals surface area contributed by atoms with Crippen molar-refractivity contribution in [1.82, 2.24) is 0 Å². The summed E-state index contributed by atoms with van der Waals surface area (Å²) in [6.07, 6.45) is 1.61. The number of amides is 2. The third kappa shape index (κ3) is 4.03. The summed E-state index contributed by atoms with van der Waals surface area (Å²) in [5, 5.41) is 0. The van der Waals surface area contributed by atoms with E-state index in [-0.39, 0.29) is 11.8 Å². The van der Waals surface area contributed by atoms with Crippen molar-refractivity contribution in [2.75, 3.05) is 23.9 Å². The zero-order chi connectivity index (χ0) is 22.1. The molecule has 4 rings (SSSR count). The highest BCUT2D eigenvalue weighted by atomic mass is 32.2. The van der Waals surface area contributed by atoms with E-state index in [1.54, 1.807) is 12.3 Å². The highest BCUT2D eigenvalue weighted by Gasteiger charge is 2.40. The Balaban J connectivity index is 1.79. The fourth-order valence-corrected chi connectivity index (χ4v) is 4.67. The summed E-state index contributed by atoms with van der Waals surface area (Å²) in [4.78, 5) is 30.8. The van der Waals surface area contributed by atoms with E-state index in [0.717, 1.165) is 28.1 Å². The summed E-state index contributed by atoms with van der Waals surface area (Å²) in [6, 6.07) is 17.1. The van der Waals surface area contributed by atoms with E-state index in [4.69, 9.17) is 4.42 Å². The standard InChI is InChI=1S/C25H24N2O3S/c1-16-10-11-21(17(2)13-16)22-23(31-15-20-9-6-12-30-20)25(29)27(24(22)28)19-8-5-7-18(14-19)26(3)4/h5-14H,15H2,1-4H3. The number of imide groups is 1. The molecular weight excluding hydrogens is 408 g/mol. The Bertz CT molecular complexity index is 1180. The summed E-state index contributed by atoms with van der Waals surface area (Å²) < 4.78 is 5.43. The quantitative estimate of drug-likeness (QED) is 0.503. The van der Waals surface area contributed by atoms with Gasteiger partial charge in [0.25, 0.3) is 11.8 Å². The second-order valence-electron chi connectivity index (χ2n) is 7.75. The minimum atomic E-state index is -0.299. The third-order valence-corrected chi connectivity index (χ3v) is 6.33. The van der Waals surface area contributed by atoms with Gasteiger partial charge in [-0.25, -0.2) is 4.90 Å². The number of hydrogen-bond donors (Lipinski definition) is 0. The van der Waals surface area contributed by atoms with Crippen molar-refractivity contribution in [2.45, 2.75) is 19.6 Å². The number of benzene rings is 2. The molecule has 0 fully saturated rings. The zero-order valence-corrected chi connectivity index (χ0v) is 18.8. The molecule has 0 saturated heterocycles. The third-order valence-electron chi connectivity index (χ3n) is 5.24. The van der Waals surface area contributed by atoms with Crippen molar-refractivity contribution in [3.8, 4) is 0 Å². The molecule has 0 saturated carbocycles. The molecule has 0 spiro atoms. The molecule has 6 heteroatoms. The van der Waals surface area contributed by atoms with E-state index in [1.807, 2.05) is 81.4 Å². The number of aryl methyl sites for hydroxylation is 2. The first kappa shape index (κ1) is 21.0. The van der Waals surface area contributed by atoms with Crippen LogP contribution in [0.15, 0.2) is 70.2 Å². The Morgan fingerprint density at radius 2 is 1.77 bits per heavy atom. The Morgan fingerprint density at radius 1 is 0.968 bits per heavy atom. The number of hydrogen-bond acceptors (Lipinski definition) is 5. The van der Waals surface area contributed by atoms with Crippen LogP contribution in [0, 0.1) is 13.8 Å². The Kier molecular flexibility index (Phi) is 5.74. The van der Waals surface area contributed by atoms with Crippen molar-refractivity contribution < 1.29 is 14.0 Å². The largest absolute Gasteiger partial charge is 0.468 e. The SMILES string of the molecule is Cc1ccc(C2=C(SCc3ccco3)C(=O)N(c3cccc(N(C)C)c3)C2=O)c(C)c1. The lowest BCUT2D eigenvalue weighted by Gasteiger charge is -2.19. The molecule has 1 aromatic heterocycles. The molecule has 0 N–H and O–H groups in total. The van der Waals surface area contributed by atoms with Crippen LogP contribution in [0.3, 0.4) is 0 Å². The number of furan rings is 1. The lowest BCUT2D eigenvalue weighted by Crippen LogP contribution is -2.31. The van der Waals surface area contributed by atoms with Crippen LogP contribution in [0.5, 0.6) is 0 Å². The predicted molar refractivity (Wildman–Crippen MR) is 126 cm³/mol. The van der Waals surface area contributed by atoms with Crippen molar-refractivity contribution >= 4 is 40.5 Å². The van der Waals surface area contributed by atoms with Gasteiger partial charge in [-0.05, 0) is 55.3 Å². The van der Waals surface area contributed by atoms with E-state index in [9.17, 15) is 9.59 Å². The van der Waals surface area contributed by atoms with E-state index < -0.39 is 0 Å². The van der Waals surface area contributed by atoms with Crippen LogP contribution in [0.4, 0.5) is 11.4 Å². The van der Waals surface area contributed by atoms with Crippen LogP contribution < -0.4 is 9.80 Å². The van der Waals surface area contributed by atoms with Gasteiger partial charge < -0.3 is 9.32 Å². The van der Waals surface area contributed by atoms with Crippen molar-refractivity contribution in [1.29, 1.82) is 0 Å². The average Bonchev–Trinajstić information content (AvgIpc) is 3.33. The van der Waals surface area contributed by atoms with Gasteiger partial charge in [0, 0.05) is 19.8 Å². The number of thioether (sulfide) groups is 1. The summed E-state index contributed by atoms with van der Waals surface area (Å²) >= 11 is 1.34. The summed E-state index contributed by atoms with van der Waals surface area (Å²) in [5.74, 6) is 0.634. The highest BCUT2D eigenvalue weighted by Crippen LogP contribution is 2.41. The first-order valence-corrected chi connectivity index (χ1v) is 11.0. The molecule has 1 aliphatic heterocycles. The van der Waals surface area contributed by atoms with E-state index in [0.29, 0.717) is 21.9 Å². The van der Waals surface area contributed by atoms with Crippen molar-refractivity contribution in [3.63, 3.8) is 0 Å². The van der Waals surface area contributed by atoms with Crippen LogP contribution in [0.1, 0.15) is 22.5 Å². The Labute approximate surface area is 186 Å². The molecule has 0 bridgehead atoms. The van der Waals surface area contributed by atoms with Gasteiger partial charge in [0.1, 0.15) is 5.76 Å². The Morgan fingerprint density at radius 3 is 2.45 bits per heavy atom. The normalized spacial score (nSPS) is 14.0. The molecule has 31 heavy (non-hydrogen) atoms.